The van der Waals surface area contributed by atoms with Crippen LogP contribution in [0.4, 0.5) is 0 Å². The Morgan fingerprint density at radius 3 is 1.58 bits per heavy atom. The van der Waals surface area contributed by atoms with E-state index in [1.807, 2.05) is 0 Å². The Morgan fingerprint density at radius 1 is 0.617 bits per heavy atom. The molecule has 0 spiro atoms. The minimum absolute atomic E-state index is 0.0264. The van der Waals surface area contributed by atoms with Gasteiger partial charge >= 0.3 is 19.8 Å². The molecule has 12 heteroatoms. The van der Waals surface area contributed by atoms with Gasteiger partial charge in [-0.05, 0) is 82.7 Å². The smallest absolute Gasteiger partial charge is 0.466 e. The van der Waals surface area contributed by atoms with Crippen LogP contribution in [0.3, 0.4) is 0 Å². The zero-order chi connectivity index (χ0) is 43.7. The molecule has 0 radical (unpaired) electrons. The normalized spacial score (nSPS) is 13.1. The van der Waals surface area contributed by atoms with E-state index in [9.17, 15) is 19.0 Å². The SMILES string of the molecule is CCCCCc1cc(C)c(CCCCCCCCCCCCC(=O)O[C@H](COC(=O)CCCCCCCCCCc2oc(CCC)cc2C)COP(=O)(O)OCCNC)o1. The van der Waals surface area contributed by atoms with Crippen LogP contribution in [0, 0.1) is 13.8 Å². The number of phosphoric ester groups is 1. The van der Waals surface area contributed by atoms with Crippen molar-refractivity contribution < 1.29 is 46.4 Å². The Morgan fingerprint density at radius 2 is 1.08 bits per heavy atom. The first-order valence-electron chi connectivity index (χ1n) is 23.8. The molecule has 60 heavy (non-hydrogen) atoms. The molecule has 2 atom stereocenters. The third-order valence-electron chi connectivity index (χ3n) is 11.0. The van der Waals surface area contributed by atoms with Crippen molar-refractivity contribution in [1.29, 1.82) is 0 Å². The Bertz CT molecular complexity index is 1440. The quantitative estimate of drug-likeness (QED) is 0.0375. The predicted molar refractivity (Wildman–Crippen MR) is 240 cm³/mol. The number of unbranched alkanes of at least 4 members (excludes halogenated alkanes) is 18. The van der Waals surface area contributed by atoms with E-state index in [2.05, 4.69) is 45.1 Å². The molecule has 2 heterocycles. The zero-order valence-corrected chi connectivity index (χ0v) is 39.3. The number of carbonyl (C=O) groups excluding carboxylic acids is 2. The van der Waals surface area contributed by atoms with Crippen LogP contribution in [-0.2, 0) is 58.4 Å². The predicted octanol–water partition coefficient (Wildman–Crippen LogP) is 12.6. The maximum atomic E-state index is 12.7. The summed E-state index contributed by atoms with van der Waals surface area (Å²) in [5, 5.41) is 2.83. The molecule has 1 unspecified atom stereocenters. The lowest BCUT2D eigenvalue weighted by molar-refractivity contribution is -0.161. The summed E-state index contributed by atoms with van der Waals surface area (Å²) >= 11 is 0. The average Bonchev–Trinajstić information content (AvgIpc) is 3.76. The first-order valence-corrected chi connectivity index (χ1v) is 25.3. The van der Waals surface area contributed by atoms with E-state index in [0.717, 1.165) is 101 Å². The second-order valence-electron chi connectivity index (χ2n) is 16.7. The van der Waals surface area contributed by atoms with E-state index in [4.69, 9.17) is 27.4 Å². The van der Waals surface area contributed by atoms with E-state index in [1.54, 1.807) is 7.05 Å². The standard InChI is InChI=1S/C48H84NO10P/c1-6-8-23-29-43-37-41(4)46(58-43)31-25-19-15-11-9-10-12-18-22-27-33-48(51)59-44(39-56-60(52,53)55-35-34-49-5)38-54-47(50)32-26-21-17-14-13-16-20-24-30-45-40(3)36-42(57-45)28-7-2/h36-37,44,49H,6-35,38-39H2,1-5H3,(H,52,53)/t44-/m1/s1. The van der Waals surface area contributed by atoms with Gasteiger partial charge in [0, 0.05) is 45.1 Å². The highest BCUT2D eigenvalue weighted by atomic mass is 31.2. The lowest BCUT2D eigenvalue weighted by Crippen LogP contribution is -2.29. The molecular formula is C48H84NO10P. The molecule has 0 aliphatic rings. The van der Waals surface area contributed by atoms with Crippen molar-refractivity contribution in [2.24, 2.45) is 0 Å². The summed E-state index contributed by atoms with van der Waals surface area (Å²) in [6.45, 7) is 8.37. The molecule has 0 bridgehead atoms. The van der Waals surface area contributed by atoms with E-state index in [1.165, 1.54) is 93.9 Å². The number of likely N-dealkylation sites (N-methyl/N-ethyl adjacent to an activating group) is 1. The van der Waals surface area contributed by atoms with E-state index >= 15 is 0 Å². The van der Waals surface area contributed by atoms with Crippen LogP contribution in [0.25, 0.3) is 0 Å². The van der Waals surface area contributed by atoms with E-state index in [-0.39, 0.29) is 32.0 Å². The molecule has 0 saturated carbocycles. The fourth-order valence-corrected chi connectivity index (χ4v) is 8.15. The topological polar surface area (TPSA) is 147 Å². The number of ether oxygens (including phenoxy) is 2. The van der Waals surface area contributed by atoms with E-state index in [0.29, 0.717) is 13.0 Å². The molecule has 2 N–H and O–H groups in total. The number of phosphoric acid groups is 1. The molecule has 0 fully saturated rings. The van der Waals surface area contributed by atoms with Crippen LogP contribution in [0.1, 0.15) is 202 Å². The molecule has 0 aliphatic heterocycles. The lowest BCUT2D eigenvalue weighted by Gasteiger charge is -2.20. The highest BCUT2D eigenvalue weighted by Crippen LogP contribution is 2.43. The molecule has 0 aromatic carbocycles. The number of nitrogens with one attached hydrogen (secondary N) is 1. The summed E-state index contributed by atoms with van der Waals surface area (Å²) < 4.78 is 45.5. The van der Waals surface area contributed by atoms with Crippen LogP contribution in [0.2, 0.25) is 0 Å². The van der Waals surface area contributed by atoms with Gasteiger partial charge in [0.1, 0.15) is 29.6 Å². The molecule has 346 valence electrons. The molecule has 0 aliphatic carbocycles. The minimum atomic E-state index is -4.37. The summed E-state index contributed by atoms with van der Waals surface area (Å²) in [7, 11) is -2.67. The molecule has 11 nitrogen and oxygen atoms in total. The largest absolute Gasteiger partial charge is 0.472 e. The van der Waals surface area contributed by atoms with Crippen molar-refractivity contribution in [3.63, 3.8) is 0 Å². The van der Waals surface area contributed by atoms with Gasteiger partial charge in [0.25, 0.3) is 0 Å². The molecule has 2 aromatic rings. The number of aryl methyl sites for hydroxylation is 6. The maximum Gasteiger partial charge on any atom is 0.472 e. The molecule has 2 rings (SSSR count). The number of hydrogen-bond donors (Lipinski definition) is 2. The third-order valence-corrected chi connectivity index (χ3v) is 12.0. The van der Waals surface area contributed by atoms with Gasteiger partial charge in [0.05, 0.1) is 13.2 Å². The summed E-state index contributed by atoms with van der Waals surface area (Å²) in [5.41, 5.74) is 2.57. The second-order valence-corrected chi connectivity index (χ2v) is 18.2. The highest BCUT2D eigenvalue weighted by molar-refractivity contribution is 7.47. The van der Waals surface area contributed by atoms with Crippen LogP contribution in [-0.4, -0.2) is 56.3 Å². The van der Waals surface area contributed by atoms with Gasteiger partial charge in [-0.2, -0.15) is 0 Å². The van der Waals surface area contributed by atoms with Gasteiger partial charge < -0.3 is 28.5 Å². The summed E-state index contributed by atoms with van der Waals surface area (Å²) in [4.78, 5) is 35.3. The summed E-state index contributed by atoms with van der Waals surface area (Å²) in [6.07, 6.45) is 28.0. The number of esters is 2. The second kappa shape index (κ2) is 34.1. The highest BCUT2D eigenvalue weighted by Gasteiger charge is 2.26. The van der Waals surface area contributed by atoms with Gasteiger partial charge in [-0.1, -0.05) is 117 Å². The van der Waals surface area contributed by atoms with Crippen molar-refractivity contribution in [3.8, 4) is 0 Å². The fraction of sp³-hybridized carbons (Fsp3) is 0.792. The Kier molecular flexibility index (Phi) is 30.5. The molecule has 0 saturated heterocycles. The minimum Gasteiger partial charge on any atom is -0.466 e. The monoisotopic (exact) mass is 866 g/mol. The molecular weight excluding hydrogens is 781 g/mol. The number of hydrogen-bond acceptors (Lipinski definition) is 10. The number of carbonyl (C=O) groups is 2. The average molecular weight is 866 g/mol. The van der Waals surface area contributed by atoms with Gasteiger partial charge in [0.2, 0.25) is 0 Å². The van der Waals surface area contributed by atoms with Crippen LogP contribution in [0.5, 0.6) is 0 Å². The van der Waals surface area contributed by atoms with Crippen molar-refractivity contribution in [3.05, 3.63) is 46.3 Å². The maximum absolute atomic E-state index is 12.7. The lowest BCUT2D eigenvalue weighted by atomic mass is 10.0. The first kappa shape index (κ1) is 53.7. The zero-order valence-electron chi connectivity index (χ0n) is 38.4. The molecule has 0 amide bonds. The van der Waals surface area contributed by atoms with Gasteiger partial charge in [-0.15, -0.1) is 0 Å². The van der Waals surface area contributed by atoms with Crippen molar-refractivity contribution in [1.82, 2.24) is 5.32 Å². The Labute approximate surface area is 363 Å². The van der Waals surface area contributed by atoms with Crippen molar-refractivity contribution in [2.45, 2.75) is 214 Å². The van der Waals surface area contributed by atoms with Crippen molar-refractivity contribution in [2.75, 3.05) is 33.4 Å². The van der Waals surface area contributed by atoms with Crippen LogP contribution in [0.15, 0.2) is 21.0 Å². The van der Waals surface area contributed by atoms with Gasteiger partial charge in [-0.3, -0.25) is 18.6 Å². The third kappa shape index (κ3) is 26.8. The first-order chi connectivity index (χ1) is 29.1. The van der Waals surface area contributed by atoms with E-state index < -0.39 is 26.5 Å². The number of rotatable bonds is 40. The number of furan rings is 2. The summed E-state index contributed by atoms with van der Waals surface area (Å²) in [5.74, 6) is 3.71. The summed E-state index contributed by atoms with van der Waals surface area (Å²) in [6, 6.07) is 4.40. The molecule has 2 aromatic heterocycles. The Hall–Kier alpha value is -2.43. The van der Waals surface area contributed by atoms with Crippen LogP contribution >= 0.6 is 7.82 Å². The van der Waals surface area contributed by atoms with Gasteiger partial charge in [-0.25, -0.2) is 4.57 Å². The van der Waals surface area contributed by atoms with Gasteiger partial charge in [0.15, 0.2) is 6.10 Å². The Balaban J connectivity index is 1.55. The fourth-order valence-electron chi connectivity index (χ4n) is 7.40. The van der Waals surface area contributed by atoms with Crippen LogP contribution < -0.4 is 5.32 Å². The van der Waals surface area contributed by atoms with Crippen molar-refractivity contribution >= 4 is 19.8 Å².